The van der Waals surface area contributed by atoms with Crippen LogP contribution >= 0.6 is 31.9 Å². The first kappa shape index (κ1) is 24.5. The van der Waals surface area contributed by atoms with Crippen LogP contribution in [0.25, 0.3) is 0 Å². The first-order valence-corrected chi connectivity index (χ1v) is 12.5. The SMILES string of the molecule is CC(ON=Cc1cc(Br)c(Oc2ccc(O)c(S(=O)(=O)N3CCCC3)c2)c(Br)c1)C(=O)O. The third kappa shape index (κ3) is 5.61. The second-order valence-electron chi connectivity index (χ2n) is 6.98. The molecule has 2 aromatic carbocycles. The number of benzene rings is 2. The van der Waals surface area contributed by atoms with Crippen molar-refractivity contribution in [2.75, 3.05) is 13.1 Å². The van der Waals surface area contributed by atoms with E-state index in [4.69, 9.17) is 14.7 Å². The topological polar surface area (TPSA) is 126 Å². The van der Waals surface area contributed by atoms with Gasteiger partial charge in [0.05, 0.1) is 15.2 Å². The van der Waals surface area contributed by atoms with Gasteiger partial charge in [0.25, 0.3) is 0 Å². The van der Waals surface area contributed by atoms with E-state index in [2.05, 4.69) is 37.0 Å². The summed E-state index contributed by atoms with van der Waals surface area (Å²) in [6, 6.07) is 7.37. The molecule has 12 heteroatoms. The number of ether oxygens (including phenoxy) is 1. The van der Waals surface area contributed by atoms with Crippen LogP contribution in [-0.2, 0) is 19.7 Å². The summed E-state index contributed by atoms with van der Waals surface area (Å²) in [5, 5.41) is 22.6. The lowest BCUT2D eigenvalue weighted by Gasteiger charge is -2.17. The quantitative estimate of drug-likeness (QED) is 0.346. The van der Waals surface area contributed by atoms with E-state index in [-0.39, 0.29) is 16.4 Å². The molecule has 1 saturated heterocycles. The van der Waals surface area contributed by atoms with Crippen molar-refractivity contribution in [3.8, 4) is 17.2 Å². The van der Waals surface area contributed by atoms with Gasteiger partial charge in [-0.1, -0.05) is 5.16 Å². The number of carboxylic acids is 1. The average molecular weight is 592 g/mol. The van der Waals surface area contributed by atoms with E-state index in [1.807, 2.05) is 0 Å². The second kappa shape index (κ2) is 10.2. The largest absolute Gasteiger partial charge is 0.507 e. The Morgan fingerprint density at radius 3 is 2.41 bits per heavy atom. The normalized spacial score (nSPS) is 15.7. The molecule has 2 aromatic rings. The van der Waals surface area contributed by atoms with Crippen molar-refractivity contribution >= 4 is 54.1 Å². The fraction of sp³-hybridized carbons (Fsp3) is 0.300. The van der Waals surface area contributed by atoms with Crippen LogP contribution in [0.15, 0.2) is 49.3 Å². The van der Waals surface area contributed by atoms with Crippen molar-refractivity contribution < 1.29 is 33.0 Å². The van der Waals surface area contributed by atoms with Crippen LogP contribution < -0.4 is 4.74 Å². The van der Waals surface area contributed by atoms with Crippen LogP contribution in [-0.4, -0.2) is 54.3 Å². The molecule has 0 radical (unpaired) electrons. The molecule has 1 unspecified atom stereocenters. The summed E-state index contributed by atoms with van der Waals surface area (Å²) in [4.78, 5) is 15.4. The zero-order valence-corrected chi connectivity index (χ0v) is 20.9. The molecular formula is C20H20Br2N2O7S. The lowest BCUT2D eigenvalue weighted by molar-refractivity contribution is -0.149. The highest BCUT2D eigenvalue weighted by Gasteiger charge is 2.30. The third-order valence-electron chi connectivity index (χ3n) is 4.62. The van der Waals surface area contributed by atoms with Gasteiger partial charge < -0.3 is 19.8 Å². The van der Waals surface area contributed by atoms with E-state index in [0.29, 0.717) is 33.3 Å². The summed E-state index contributed by atoms with van der Waals surface area (Å²) in [5.74, 6) is -0.878. The van der Waals surface area contributed by atoms with Gasteiger partial charge >= 0.3 is 5.97 Å². The Morgan fingerprint density at radius 1 is 1.19 bits per heavy atom. The Kier molecular flexibility index (Phi) is 7.80. The smallest absolute Gasteiger partial charge is 0.347 e. The van der Waals surface area contributed by atoms with Crippen LogP contribution in [0, 0.1) is 0 Å². The first-order valence-electron chi connectivity index (χ1n) is 9.51. The van der Waals surface area contributed by atoms with Gasteiger partial charge in [-0.2, -0.15) is 4.31 Å². The van der Waals surface area contributed by atoms with Crippen molar-refractivity contribution in [3.63, 3.8) is 0 Å². The number of oxime groups is 1. The molecule has 0 aromatic heterocycles. The van der Waals surface area contributed by atoms with Crippen molar-refractivity contribution in [3.05, 3.63) is 44.8 Å². The summed E-state index contributed by atoms with van der Waals surface area (Å²) in [6.45, 7) is 2.20. The number of rotatable bonds is 8. The molecule has 3 rings (SSSR count). The number of hydrogen-bond donors (Lipinski definition) is 2. The number of aliphatic carboxylic acids is 1. The molecule has 0 amide bonds. The highest BCUT2D eigenvalue weighted by Crippen LogP contribution is 2.39. The molecule has 2 N–H and O–H groups in total. The Morgan fingerprint density at radius 2 is 1.81 bits per heavy atom. The van der Waals surface area contributed by atoms with E-state index in [1.54, 1.807) is 12.1 Å². The fourth-order valence-electron chi connectivity index (χ4n) is 2.93. The van der Waals surface area contributed by atoms with E-state index in [0.717, 1.165) is 12.8 Å². The Bertz CT molecular complexity index is 1130. The van der Waals surface area contributed by atoms with Crippen LogP contribution in [0.3, 0.4) is 0 Å². The predicted octanol–water partition coefficient (Wildman–Crippen LogP) is 4.32. The van der Waals surface area contributed by atoms with Gasteiger partial charge in [0, 0.05) is 19.2 Å². The molecule has 0 aliphatic carbocycles. The zero-order valence-electron chi connectivity index (χ0n) is 16.9. The average Bonchev–Trinajstić information content (AvgIpc) is 3.27. The monoisotopic (exact) mass is 590 g/mol. The van der Waals surface area contributed by atoms with E-state index < -0.39 is 22.1 Å². The molecule has 0 bridgehead atoms. The number of phenolic OH excluding ortho intramolecular Hbond substituents is 1. The molecule has 1 atom stereocenters. The molecule has 9 nitrogen and oxygen atoms in total. The summed E-state index contributed by atoms with van der Waals surface area (Å²) in [7, 11) is -3.83. The molecule has 172 valence electrons. The van der Waals surface area contributed by atoms with E-state index in [9.17, 15) is 18.3 Å². The number of carboxylic acid groups (broad SMARTS) is 1. The minimum atomic E-state index is -3.83. The molecule has 0 saturated carbocycles. The minimum absolute atomic E-state index is 0.211. The number of halogens is 2. The molecule has 1 aliphatic rings. The Hall–Kier alpha value is -2.15. The molecular weight excluding hydrogens is 572 g/mol. The van der Waals surface area contributed by atoms with Crippen LogP contribution in [0.1, 0.15) is 25.3 Å². The lowest BCUT2D eigenvalue weighted by Crippen LogP contribution is -2.27. The highest BCUT2D eigenvalue weighted by atomic mass is 79.9. The maximum Gasteiger partial charge on any atom is 0.347 e. The Balaban J connectivity index is 1.83. The first-order chi connectivity index (χ1) is 15.1. The van der Waals surface area contributed by atoms with E-state index in [1.165, 1.54) is 35.6 Å². The summed E-state index contributed by atoms with van der Waals surface area (Å²) < 4.78 is 34.0. The molecule has 32 heavy (non-hydrogen) atoms. The minimum Gasteiger partial charge on any atom is -0.507 e. The van der Waals surface area contributed by atoms with Crippen molar-refractivity contribution in [1.29, 1.82) is 0 Å². The number of hydrogen-bond acceptors (Lipinski definition) is 7. The maximum absolute atomic E-state index is 12.9. The number of sulfonamides is 1. The second-order valence-corrected chi connectivity index (χ2v) is 10.6. The molecule has 1 heterocycles. The van der Waals surface area contributed by atoms with Gasteiger partial charge in [0.15, 0.2) is 5.75 Å². The van der Waals surface area contributed by atoms with Crippen molar-refractivity contribution in [2.45, 2.75) is 30.8 Å². The van der Waals surface area contributed by atoms with Gasteiger partial charge in [0.2, 0.25) is 16.1 Å². The van der Waals surface area contributed by atoms with Crippen LogP contribution in [0.5, 0.6) is 17.2 Å². The van der Waals surface area contributed by atoms with Crippen molar-refractivity contribution in [1.82, 2.24) is 4.31 Å². The van der Waals surface area contributed by atoms with Crippen LogP contribution in [0.4, 0.5) is 0 Å². The van der Waals surface area contributed by atoms with Gasteiger partial charge in [-0.25, -0.2) is 13.2 Å². The maximum atomic E-state index is 12.9. The third-order valence-corrected chi connectivity index (χ3v) is 7.73. The van der Waals surface area contributed by atoms with E-state index >= 15 is 0 Å². The fourth-order valence-corrected chi connectivity index (χ4v) is 5.93. The number of aromatic hydroxyl groups is 1. The summed E-state index contributed by atoms with van der Waals surface area (Å²) in [5.41, 5.74) is 0.594. The molecule has 1 aliphatic heterocycles. The molecule has 0 spiro atoms. The lowest BCUT2D eigenvalue weighted by atomic mass is 10.2. The van der Waals surface area contributed by atoms with Gasteiger partial charge in [0.1, 0.15) is 16.4 Å². The van der Waals surface area contributed by atoms with Crippen LogP contribution in [0.2, 0.25) is 0 Å². The summed E-state index contributed by atoms with van der Waals surface area (Å²) >= 11 is 6.80. The summed E-state index contributed by atoms with van der Waals surface area (Å²) in [6.07, 6.45) is 1.83. The molecule has 1 fully saturated rings. The predicted molar refractivity (Wildman–Crippen MR) is 124 cm³/mol. The van der Waals surface area contributed by atoms with Gasteiger partial charge in [-0.05, 0) is 81.5 Å². The Labute approximate surface area is 201 Å². The number of phenols is 1. The highest BCUT2D eigenvalue weighted by molar-refractivity contribution is 9.11. The van der Waals surface area contributed by atoms with Crippen molar-refractivity contribution in [2.24, 2.45) is 5.16 Å². The number of carbonyl (C=O) groups is 1. The number of nitrogens with zero attached hydrogens (tertiary/aromatic N) is 2. The zero-order chi connectivity index (χ0) is 23.5. The standard InChI is InChI=1S/C20H20Br2N2O7S/c1-12(20(26)27)31-23-11-13-8-15(21)19(16(22)9-13)30-14-4-5-17(25)18(10-14)32(28,29)24-6-2-3-7-24/h4-5,8-12,25H,2-3,6-7H2,1H3,(H,26,27). The van der Waals surface area contributed by atoms with Gasteiger partial charge in [-0.15, -0.1) is 0 Å². The van der Waals surface area contributed by atoms with Gasteiger partial charge in [-0.3, -0.25) is 0 Å².